The van der Waals surface area contributed by atoms with Crippen LogP contribution < -0.4 is 10.5 Å². The third kappa shape index (κ3) is 4.56. The van der Waals surface area contributed by atoms with Crippen molar-refractivity contribution in [3.8, 4) is 17.2 Å². The van der Waals surface area contributed by atoms with Crippen LogP contribution in [0.25, 0.3) is 11.3 Å². The minimum Gasteiger partial charge on any atom is -0.474 e. The molecule has 1 aliphatic carbocycles. The summed E-state index contributed by atoms with van der Waals surface area (Å²) in [6.07, 6.45) is 5.53. The zero-order valence-corrected chi connectivity index (χ0v) is 13.9. The molecule has 1 fully saturated rings. The molecular weight excluding hydrogens is 330 g/mol. The van der Waals surface area contributed by atoms with E-state index in [0.29, 0.717) is 24.9 Å². The topological polar surface area (TPSA) is 103 Å². The third-order valence-corrected chi connectivity index (χ3v) is 3.40. The zero-order chi connectivity index (χ0) is 15.9. The fourth-order valence-electron chi connectivity index (χ4n) is 2.24. The summed E-state index contributed by atoms with van der Waals surface area (Å²) in [6.45, 7) is 0.956. The second-order valence-electron chi connectivity index (χ2n) is 5.16. The summed E-state index contributed by atoms with van der Waals surface area (Å²) in [6, 6.07) is 10.0. The number of ether oxygens (including phenoxy) is 1. The van der Waals surface area contributed by atoms with Gasteiger partial charge in [-0.05, 0) is 23.9 Å². The number of nitrogens with one attached hydrogen (secondary N) is 1. The Kier molecular flexibility index (Phi) is 6.77. The van der Waals surface area contributed by atoms with Gasteiger partial charge < -0.3 is 15.0 Å². The minimum atomic E-state index is 0. The summed E-state index contributed by atoms with van der Waals surface area (Å²) in [5.41, 5.74) is 7.61. The number of H-pyrrole nitrogens is 1. The van der Waals surface area contributed by atoms with Gasteiger partial charge in [0.15, 0.2) is 5.76 Å². The van der Waals surface area contributed by atoms with Crippen molar-refractivity contribution in [3.05, 3.63) is 48.3 Å². The van der Waals surface area contributed by atoms with Crippen LogP contribution in [0.1, 0.15) is 24.3 Å². The van der Waals surface area contributed by atoms with Crippen LogP contribution in [0.3, 0.4) is 0 Å². The molecule has 0 unspecified atom stereocenters. The van der Waals surface area contributed by atoms with Crippen molar-refractivity contribution in [1.82, 2.24) is 20.6 Å². The molecule has 8 heteroatoms. The Morgan fingerprint density at radius 1 is 1.17 bits per heavy atom. The Labute approximate surface area is 146 Å². The van der Waals surface area contributed by atoms with Gasteiger partial charge in [0, 0.05) is 12.1 Å². The maximum atomic E-state index is 5.56. The summed E-state index contributed by atoms with van der Waals surface area (Å²) in [5.74, 6) is 1.98. The first-order valence-corrected chi connectivity index (χ1v) is 7.57. The van der Waals surface area contributed by atoms with Crippen molar-refractivity contribution in [1.29, 1.82) is 0 Å². The van der Waals surface area contributed by atoms with Crippen LogP contribution in [0.5, 0.6) is 5.88 Å². The first-order chi connectivity index (χ1) is 11.4. The highest BCUT2D eigenvalue weighted by Crippen LogP contribution is 2.48. The molecule has 3 N–H and O–H groups in total. The van der Waals surface area contributed by atoms with Crippen LogP contribution in [-0.4, -0.2) is 33.7 Å². The van der Waals surface area contributed by atoms with Crippen LogP contribution >= 0.6 is 12.4 Å². The second kappa shape index (κ2) is 9.05. The molecule has 0 bridgehead atoms. The number of nitrogens with two attached hydrogens (primary N) is 1. The molecule has 0 aliphatic heterocycles. The lowest BCUT2D eigenvalue weighted by atomic mass is 10.1. The van der Waals surface area contributed by atoms with Gasteiger partial charge in [0.2, 0.25) is 0 Å². The SMILES string of the molecule is Cl.NCCOc1noc(-c2ccccc2)c1C1CC1.c1cn[nH]n1. The highest BCUT2D eigenvalue weighted by Gasteiger charge is 2.33. The van der Waals surface area contributed by atoms with Gasteiger partial charge >= 0.3 is 0 Å². The van der Waals surface area contributed by atoms with E-state index in [4.69, 9.17) is 15.0 Å². The standard InChI is InChI=1S/C14H16N2O2.C2H3N3.ClH/c15-8-9-17-14-12(10-6-7-10)13(18-16-14)11-4-2-1-3-5-11;1-2-4-5-3-1;/h1-5,10H,6-9,15H2;1-2H,(H,3,4,5);1H. The van der Waals surface area contributed by atoms with Crippen molar-refractivity contribution in [2.24, 2.45) is 5.73 Å². The van der Waals surface area contributed by atoms with Gasteiger partial charge in [-0.1, -0.05) is 30.3 Å². The minimum absolute atomic E-state index is 0. The van der Waals surface area contributed by atoms with Crippen LogP contribution in [0.4, 0.5) is 0 Å². The third-order valence-electron chi connectivity index (χ3n) is 3.40. The lowest BCUT2D eigenvalue weighted by Gasteiger charge is -2.03. The van der Waals surface area contributed by atoms with Gasteiger partial charge in [-0.25, -0.2) is 0 Å². The van der Waals surface area contributed by atoms with E-state index in [1.54, 1.807) is 12.4 Å². The molecule has 0 spiro atoms. The summed E-state index contributed by atoms with van der Waals surface area (Å²) in [4.78, 5) is 0. The van der Waals surface area contributed by atoms with Gasteiger partial charge in [0.25, 0.3) is 5.88 Å². The molecular formula is C16H20ClN5O2. The van der Waals surface area contributed by atoms with E-state index < -0.39 is 0 Å². The van der Waals surface area contributed by atoms with E-state index in [9.17, 15) is 0 Å². The number of halogens is 1. The summed E-state index contributed by atoms with van der Waals surface area (Å²) in [5, 5.41) is 13.4. The Morgan fingerprint density at radius 3 is 2.42 bits per heavy atom. The number of aromatic amines is 1. The maximum Gasteiger partial charge on any atom is 0.258 e. The van der Waals surface area contributed by atoms with Gasteiger partial charge in [0.1, 0.15) is 6.61 Å². The number of nitrogens with zero attached hydrogens (tertiary/aromatic N) is 3. The van der Waals surface area contributed by atoms with E-state index in [0.717, 1.165) is 16.9 Å². The van der Waals surface area contributed by atoms with E-state index in [2.05, 4.69) is 20.6 Å². The fourth-order valence-corrected chi connectivity index (χ4v) is 2.24. The van der Waals surface area contributed by atoms with E-state index in [1.807, 2.05) is 30.3 Å². The molecule has 4 rings (SSSR count). The van der Waals surface area contributed by atoms with Gasteiger partial charge in [-0.2, -0.15) is 15.4 Å². The predicted molar refractivity (Wildman–Crippen MR) is 92.1 cm³/mol. The quantitative estimate of drug-likeness (QED) is 0.734. The van der Waals surface area contributed by atoms with Crippen LogP contribution in [0, 0.1) is 0 Å². The second-order valence-corrected chi connectivity index (χ2v) is 5.16. The zero-order valence-electron chi connectivity index (χ0n) is 13.1. The Morgan fingerprint density at radius 2 is 1.88 bits per heavy atom. The fraction of sp³-hybridized carbons (Fsp3) is 0.312. The molecule has 2 aromatic heterocycles. The molecule has 3 aromatic rings. The molecule has 1 aromatic carbocycles. The Bertz CT molecular complexity index is 681. The van der Waals surface area contributed by atoms with Crippen molar-refractivity contribution >= 4 is 12.4 Å². The molecule has 2 heterocycles. The molecule has 1 aliphatic rings. The van der Waals surface area contributed by atoms with E-state index >= 15 is 0 Å². The van der Waals surface area contributed by atoms with Gasteiger partial charge in [0.05, 0.1) is 18.0 Å². The van der Waals surface area contributed by atoms with Crippen molar-refractivity contribution in [2.75, 3.05) is 13.2 Å². The smallest absolute Gasteiger partial charge is 0.258 e. The Hall–Kier alpha value is -2.38. The maximum absolute atomic E-state index is 5.56. The number of benzene rings is 1. The molecule has 0 saturated heterocycles. The lowest BCUT2D eigenvalue weighted by molar-refractivity contribution is 0.287. The highest BCUT2D eigenvalue weighted by atomic mass is 35.5. The average molecular weight is 350 g/mol. The van der Waals surface area contributed by atoms with Crippen LogP contribution in [0.2, 0.25) is 0 Å². The van der Waals surface area contributed by atoms with Crippen molar-refractivity contribution in [2.45, 2.75) is 18.8 Å². The van der Waals surface area contributed by atoms with Gasteiger partial charge in [-0.3, -0.25) is 0 Å². The number of rotatable bonds is 5. The number of hydrogen-bond acceptors (Lipinski definition) is 6. The largest absolute Gasteiger partial charge is 0.474 e. The monoisotopic (exact) mass is 349 g/mol. The van der Waals surface area contributed by atoms with E-state index in [1.165, 1.54) is 12.8 Å². The number of hydrogen-bond donors (Lipinski definition) is 2. The lowest BCUT2D eigenvalue weighted by Crippen LogP contribution is -2.11. The molecule has 0 radical (unpaired) electrons. The van der Waals surface area contributed by atoms with Gasteiger partial charge in [-0.15, -0.1) is 12.4 Å². The number of aromatic nitrogens is 4. The summed E-state index contributed by atoms with van der Waals surface area (Å²) >= 11 is 0. The predicted octanol–water partition coefficient (Wildman–Crippen LogP) is 2.78. The Balaban J connectivity index is 0.000000300. The molecule has 1 saturated carbocycles. The molecule has 0 amide bonds. The molecule has 0 atom stereocenters. The molecule has 24 heavy (non-hydrogen) atoms. The normalized spacial score (nSPS) is 12.7. The van der Waals surface area contributed by atoms with Crippen molar-refractivity contribution in [3.63, 3.8) is 0 Å². The first kappa shape index (κ1) is 18.0. The van der Waals surface area contributed by atoms with E-state index in [-0.39, 0.29) is 12.4 Å². The molecule has 128 valence electrons. The first-order valence-electron chi connectivity index (χ1n) is 7.57. The van der Waals surface area contributed by atoms with Crippen molar-refractivity contribution < 1.29 is 9.26 Å². The van der Waals surface area contributed by atoms with Crippen LogP contribution in [0.15, 0.2) is 47.2 Å². The summed E-state index contributed by atoms with van der Waals surface area (Å²) in [7, 11) is 0. The summed E-state index contributed by atoms with van der Waals surface area (Å²) < 4.78 is 11.0. The average Bonchev–Trinajstić information content (AvgIpc) is 3.10. The highest BCUT2D eigenvalue weighted by molar-refractivity contribution is 5.85. The molecule has 7 nitrogen and oxygen atoms in total. The van der Waals surface area contributed by atoms with Crippen LogP contribution in [-0.2, 0) is 0 Å².